The summed E-state index contributed by atoms with van der Waals surface area (Å²) in [5.74, 6) is -0.269. The van der Waals surface area contributed by atoms with Crippen LogP contribution >= 0.6 is 0 Å². The number of imide groups is 1. The predicted octanol–water partition coefficient (Wildman–Crippen LogP) is 4.05. The highest BCUT2D eigenvalue weighted by atomic mass is 16.2. The molecule has 1 fully saturated rings. The van der Waals surface area contributed by atoms with E-state index in [1.165, 1.54) is 10.5 Å². The van der Waals surface area contributed by atoms with E-state index in [1.807, 2.05) is 12.2 Å². The number of hydrogen-bond donors (Lipinski definition) is 0. The van der Waals surface area contributed by atoms with E-state index in [0.717, 1.165) is 16.7 Å². The zero-order valence-electron chi connectivity index (χ0n) is 15.3. The van der Waals surface area contributed by atoms with E-state index in [9.17, 15) is 9.59 Å². The second kappa shape index (κ2) is 5.87. The molecule has 0 bridgehead atoms. The summed E-state index contributed by atoms with van der Waals surface area (Å²) in [6.45, 7) is 11.2. The first kappa shape index (κ1) is 16.9. The van der Waals surface area contributed by atoms with Crippen LogP contribution in [0.25, 0.3) is 0 Å². The zero-order valence-corrected chi connectivity index (χ0v) is 15.3. The first-order valence-corrected chi connectivity index (χ1v) is 8.81. The Morgan fingerprint density at radius 3 is 1.83 bits per heavy atom. The van der Waals surface area contributed by atoms with Gasteiger partial charge >= 0.3 is 0 Å². The molecular weight excluding hydrogens is 298 g/mol. The molecule has 1 aromatic rings. The second-order valence-corrected chi connectivity index (χ2v) is 8.26. The number of allylic oxidation sites excluding steroid dienone is 2. The topological polar surface area (TPSA) is 37.4 Å². The van der Waals surface area contributed by atoms with Crippen molar-refractivity contribution in [3.63, 3.8) is 0 Å². The number of hydrogen-bond acceptors (Lipinski definition) is 2. The lowest BCUT2D eigenvalue weighted by molar-refractivity contribution is -0.140. The molecule has 0 spiro atoms. The molecule has 1 heterocycles. The minimum absolute atomic E-state index is 0.00745. The number of carbonyl (C=O) groups excluding carboxylic acids is 2. The van der Waals surface area contributed by atoms with Crippen molar-refractivity contribution in [2.24, 2.45) is 11.8 Å². The summed E-state index contributed by atoms with van der Waals surface area (Å²) in [7, 11) is 0. The van der Waals surface area contributed by atoms with Crippen LogP contribution in [0.5, 0.6) is 0 Å². The third-order valence-corrected chi connectivity index (χ3v) is 5.48. The number of aryl methyl sites for hydroxylation is 2. The Morgan fingerprint density at radius 1 is 0.958 bits per heavy atom. The lowest BCUT2D eigenvalue weighted by atomic mass is 9.84. The van der Waals surface area contributed by atoms with Gasteiger partial charge in [0.1, 0.15) is 0 Å². The van der Waals surface area contributed by atoms with Gasteiger partial charge in [0.15, 0.2) is 0 Å². The van der Waals surface area contributed by atoms with Crippen molar-refractivity contribution in [3.05, 3.63) is 46.5 Å². The number of benzene rings is 1. The van der Waals surface area contributed by atoms with Gasteiger partial charge in [-0.15, -0.1) is 0 Å². The molecule has 0 N–H and O–H groups in total. The molecule has 0 radical (unpaired) electrons. The number of carbonyl (C=O) groups is 2. The monoisotopic (exact) mass is 325 g/mol. The number of rotatable bonds is 2. The quantitative estimate of drug-likeness (QED) is 0.607. The minimum Gasteiger partial charge on any atom is -0.278 e. The molecule has 128 valence electrons. The van der Waals surface area contributed by atoms with Crippen LogP contribution in [0.1, 0.15) is 55.9 Å². The first-order chi connectivity index (χ1) is 11.2. The fraction of sp³-hybridized carbons (Fsp3) is 0.524. The Bertz CT molecular complexity index is 675. The van der Waals surface area contributed by atoms with Crippen LogP contribution in [0.15, 0.2) is 24.3 Å². The van der Waals surface area contributed by atoms with Gasteiger partial charge in [0.25, 0.3) is 0 Å². The fourth-order valence-corrected chi connectivity index (χ4v) is 3.86. The fourth-order valence-electron chi connectivity index (χ4n) is 3.86. The van der Waals surface area contributed by atoms with Crippen LogP contribution in [0, 0.1) is 25.7 Å². The average molecular weight is 325 g/mol. The number of amides is 2. The van der Waals surface area contributed by atoms with Gasteiger partial charge < -0.3 is 0 Å². The van der Waals surface area contributed by atoms with Crippen molar-refractivity contribution in [3.8, 4) is 0 Å². The van der Waals surface area contributed by atoms with Crippen LogP contribution in [0.2, 0.25) is 0 Å². The van der Waals surface area contributed by atoms with E-state index in [-0.39, 0.29) is 29.1 Å². The summed E-state index contributed by atoms with van der Waals surface area (Å²) in [4.78, 5) is 26.8. The maximum atomic E-state index is 12.7. The Morgan fingerprint density at radius 2 is 1.42 bits per heavy atom. The largest absolute Gasteiger partial charge is 0.278 e. The first-order valence-electron chi connectivity index (χ1n) is 8.81. The van der Waals surface area contributed by atoms with Crippen molar-refractivity contribution >= 4 is 11.8 Å². The molecule has 2 aliphatic rings. The molecule has 24 heavy (non-hydrogen) atoms. The van der Waals surface area contributed by atoms with E-state index >= 15 is 0 Å². The number of fused-ring (bicyclic) bond motifs is 1. The zero-order chi connectivity index (χ0) is 17.6. The summed E-state index contributed by atoms with van der Waals surface area (Å²) in [5.41, 5.74) is 4.81. The molecule has 1 aliphatic heterocycles. The van der Waals surface area contributed by atoms with Crippen LogP contribution in [0.3, 0.4) is 0 Å². The Labute approximate surface area is 144 Å². The maximum absolute atomic E-state index is 12.7. The molecule has 1 saturated heterocycles. The van der Waals surface area contributed by atoms with E-state index < -0.39 is 0 Å². The third kappa shape index (κ3) is 2.81. The smallest absolute Gasteiger partial charge is 0.233 e. The van der Waals surface area contributed by atoms with Gasteiger partial charge in [0.05, 0.1) is 18.4 Å². The summed E-state index contributed by atoms with van der Waals surface area (Å²) in [5, 5.41) is 0. The number of likely N-dealkylation sites (tertiary alicyclic amines) is 1. The highest BCUT2D eigenvalue weighted by Crippen LogP contribution is 2.36. The molecule has 2 unspecified atom stereocenters. The predicted molar refractivity (Wildman–Crippen MR) is 95.5 cm³/mol. The van der Waals surface area contributed by atoms with E-state index in [4.69, 9.17) is 0 Å². The van der Waals surface area contributed by atoms with E-state index in [0.29, 0.717) is 19.4 Å². The molecule has 3 rings (SSSR count). The van der Waals surface area contributed by atoms with Crippen LogP contribution in [-0.2, 0) is 21.5 Å². The molecule has 3 nitrogen and oxygen atoms in total. The Hall–Kier alpha value is -1.90. The van der Waals surface area contributed by atoms with Gasteiger partial charge in [0, 0.05) is 0 Å². The third-order valence-electron chi connectivity index (χ3n) is 5.48. The van der Waals surface area contributed by atoms with Gasteiger partial charge in [-0.2, -0.15) is 0 Å². The standard InChI is InChI=1S/C21H27NO2/c1-13-10-15(21(3,4)5)11-14(2)18(13)12-22-19(23)16-8-6-7-9-17(16)20(22)24/h6-7,10-11,16-17H,8-9,12H2,1-5H3. The molecule has 1 aromatic carbocycles. The van der Waals surface area contributed by atoms with Gasteiger partial charge in [-0.05, 0) is 54.4 Å². The van der Waals surface area contributed by atoms with E-state index in [1.54, 1.807) is 0 Å². The van der Waals surface area contributed by atoms with Crippen molar-refractivity contribution in [1.82, 2.24) is 4.90 Å². The lowest BCUT2D eigenvalue weighted by Gasteiger charge is -2.24. The molecule has 1 aliphatic carbocycles. The van der Waals surface area contributed by atoms with Crippen molar-refractivity contribution in [2.45, 2.75) is 59.4 Å². The van der Waals surface area contributed by atoms with Gasteiger partial charge in [0.2, 0.25) is 11.8 Å². The average Bonchev–Trinajstić information content (AvgIpc) is 2.74. The van der Waals surface area contributed by atoms with Crippen LogP contribution in [0.4, 0.5) is 0 Å². The summed E-state index contributed by atoms with van der Waals surface area (Å²) < 4.78 is 0. The number of nitrogens with zero attached hydrogens (tertiary/aromatic N) is 1. The van der Waals surface area contributed by atoms with Crippen molar-refractivity contribution < 1.29 is 9.59 Å². The molecular formula is C21H27NO2. The van der Waals surface area contributed by atoms with Crippen molar-refractivity contribution in [2.75, 3.05) is 0 Å². The normalized spacial score (nSPS) is 23.8. The Kier molecular flexibility index (Phi) is 4.15. The molecule has 0 aromatic heterocycles. The molecule has 2 atom stereocenters. The second-order valence-electron chi connectivity index (χ2n) is 8.26. The minimum atomic E-state index is -0.142. The van der Waals surface area contributed by atoms with Gasteiger partial charge in [-0.1, -0.05) is 45.1 Å². The van der Waals surface area contributed by atoms with Crippen molar-refractivity contribution in [1.29, 1.82) is 0 Å². The lowest BCUT2D eigenvalue weighted by Crippen LogP contribution is -2.31. The summed E-state index contributed by atoms with van der Waals surface area (Å²) in [6, 6.07) is 4.39. The van der Waals surface area contributed by atoms with Gasteiger partial charge in [-0.3, -0.25) is 14.5 Å². The van der Waals surface area contributed by atoms with Crippen LogP contribution < -0.4 is 0 Å². The summed E-state index contributed by atoms with van der Waals surface area (Å²) >= 11 is 0. The highest BCUT2D eigenvalue weighted by Gasteiger charge is 2.47. The molecule has 3 heteroatoms. The Balaban J connectivity index is 1.89. The molecule has 0 saturated carbocycles. The van der Waals surface area contributed by atoms with Gasteiger partial charge in [-0.25, -0.2) is 0 Å². The SMILES string of the molecule is Cc1cc(C(C)(C)C)cc(C)c1CN1C(=O)C2CC=CCC2C1=O. The van der Waals surface area contributed by atoms with E-state index in [2.05, 4.69) is 46.8 Å². The molecule has 2 amide bonds. The maximum Gasteiger partial charge on any atom is 0.233 e. The summed E-state index contributed by atoms with van der Waals surface area (Å²) in [6.07, 6.45) is 5.47. The highest BCUT2D eigenvalue weighted by molar-refractivity contribution is 6.05. The van der Waals surface area contributed by atoms with Crippen LogP contribution in [-0.4, -0.2) is 16.7 Å².